The van der Waals surface area contributed by atoms with E-state index in [0.717, 1.165) is 0 Å². The summed E-state index contributed by atoms with van der Waals surface area (Å²) in [5.74, 6) is 0.852. The zero-order chi connectivity index (χ0) is 20.9. The number of benzene rings is 2. The highest BCUT2D eigenvalue weighted by molar-refractivity contribution is 5.94. The van der Waals surface area contributed by atoms with Crippen LogP contribution in [0.1, 0.15) is 37.8 Å². The third-order valence-corrected chi connectivity index (χ3v) is 5.08. The molecule has 6 heteroatoms. The summed E-state index contributed by atoms with van der Waals surface area (Å²) in [6.07, 6.45) is 1.06. The van der Waals surface area contributed by atoms with Crippen molar-refractivity contribution in [3.8, 4) is 11.5 Å². The van der Waals surface area contributed by atoms with E-state index in [9.17, 15) is 9.59 Å². The molecule has 2 N–H and O–H groups in total. The van der Waals surface area contributed by atoms with Crippen molar-refractivity contribution in [2.75, 3.05) is 25.1 Å². The number of hydrogen-bond acceptors (Lipinski definition) is 4. The lowest BCUT2D eigenvalue weighted by Crippen LogP contribution is -2.33. The fourth-order valence-electron chi connectivity index (χ4n) is 3.17. The van der Waals surface area contributed by atoms with Crippen molar-refractivity contribution in [3.63, 3.8) is 0 Å². The first-order chi connectivity index (χ1) is 13.8. The minimum atomic E-state index is -0.284. The average Bonchev–Trinajstić information content (AvgIpc) is 2.71. The Morgan fingerprint density at radius 3 is 2.38 bits per heavy atom. The molecule has 2 aromatic rings. The van der Waals surface area contributed by atoms with E-state index >= 15 is 0 Å². The summed E-state index contributed by atoms with van der Waals surface area (Å²) in [6, 6.07) is 13.6. The van der Waals surface area contributed by atoms with Crippen LogP contribution in [0.4, 0.5) is 5.69 Å². The zero-order valence-electron chi connectivity index (χ0n) is 17.2. The molecule has 1 aliphatic heterocycles. The Labute approximate surface area is 171 Å². The number of carbonyl (C=O) groups is 2. The van der Waals surface area contributed by atoms with Gasteiger partial charge in [-0.2, -0.15) is 0 Å². The molecule has 1 heterocycles. The Morgan fingerprint density at radius 1 is 0.966 bits per heavy atom. The molecule has 0 spiro atoms. The number of fused-ring (bicyclic) bond motifs is 1. The largest absolute Gasteiger partial charge is 0.486 e. The quantitative estimate of drug-likeness (QED) is 0.750. The molecule has 0 radical (unpaired) electrons. The van der Waals surface area contributed by atoms with Gasteiger partial charge in [0.25, 0.3) is 0 Å². The molecule has 0 aliphatic carbocycles. The number of aryl methyl sites for hydroxylation is 1. The van der Waals surface area contributed by atoms with Crippen molar-refractivity contribution in [3.05, 3.63) is 53.6 Å². The van der Waals surface area contributed by atoms with Gasteiger partial charge in [0, 0.05) is 18.2 Å². The van der Waals surface area contributed by atoms with Gasteiger partial charge < -0.3 is 20.1 Å². The second kappa shape index (κ2) is 8.99. The Kier molecular flexibility index (Phi) is 6.42. The standard InChI is InChI=1S/C23H28N2O4/c1-16-4-6-17(7-5-16)23(2,3)11-10-21(26)24-15-22(27)25-18-8-9-19-20(14-18)29-13-12-28-19/h4-9,14H,10-13,15H2,1-3H3,(H,24,26)(H,25,27). The highest BCUT2D eigenvalue weighted by Crippen LogP contribution is 2.32. The maximum Gasteiger partial charge on any atom is 0.243 e. The predicted molar refractivity (Wildman–Crippen MR) is 113 cm³/mol. The van der Waals surface area contributed by atoms with E-state index in [-0.39, 0.29) is 23.8 Å². The van der Waals surface area contributed by atoms with E-state index in [0.29, 0.717) is 43.2 Å². The van der Waals surface area contributed by atoms with Crippen molar-refractivity contribution >= 4 is 17.5 Å². The Hall–Kier alpha value is -3.02. The lowest BCUT2D eigenvalue weighted by molar-refractivity contribution is -0.124. The van der Waals surface area contributed by atoms with E-state index < -0.39 is 0 Å². The summed E-state index contributed by atoms with van der Waals surface area (Å²) in [6.45, 7) is 7.24. The summed E-state index contributed by atoms with van der Waals surface area (Å²) in [4.78, 5) is 24.3. The molecular formula is C23H28N2O4. The lowest BCUT2D eigenvalue weighted by Gasteiger charge is -2.25. The van der Waals surface area contributed by atoms with Crippen LogP contribution in [0.15, 0.2) is 42.5 Å². The molecular weight excluding hydrogens is 368 g/mol. The highest BCUT2D eigenvalue weighted by atomic mass is 16.6. The van der Waals surface area contributed by atoms with Gasteiger partial charge >= 0.3 is 0 Å². The minimum absolute atomic E-state index is 0.0712. The summed E-state index contributed by atoms with van der Waals surface area (Å²) in [5, 5.41) is 5.45. The SMILES string of the molecule is Cc1ccc(C(C)(C)CCC(=O)NCC(=O)Nc2ccc3c(c2)OCCO3)cc1. The normalized spacial score (nSPS) is 12.9. The van der Waals surface area contributed by atoms with Crippen molar-refractivity contribution < 1.29 is 19.1 Å². The first kappa shape index (κ1) is 20.7. The van der Waals surface area contributed by atoms with Crippen LogP contribution >= 0.6 is 0 Å². The molecule has 2 amide bonds. The maximum absolute atomic E-state index is 12.2. The molecule has 0 saturated heterocycles. The van der Waals surface area contributed by atoms with E-state index in [1.165, 1.54) is 11.1 Å². The molecule has 2 aromatic carbocycles. The van der Waals surface area contributed by atoms with Gasteiger partial charge in [0.15, 0.2) is 11.5 Å². The first-order valence-electron chi connectivity index (χ1n) is 9.87. The molecule has 6 nitrogen and oxygen atoms in total. The monoisotopic (exact) mass is 396 g/mol. The van der Waals surface area contributed by atoms with Crippen LogP contribution in [0.5, 0.6) is 11.5 Å². The van der Waals surface area contributed by atoms with Crippen LogP contribution in [-0.4, -0.2) is 31.6 Å². The number of hydrogen-bond donors (Lipinski definition) is 2. The van der Waals surface area contributed by atoms with Gasteiger partial charge in [-0.1, -0.05) is 43.7 Å². The van der Waals surface area contributed by atoms with E-state index in [1.807, 2.05) is 0 Å². The van der Waals surface area contributed by atoms with E-state index in [2.05, 4.69) is 55.7 Å². The third-order valence-electron chi connectivity index (χ3n) is 5.08. The number of anilines is 1. The van der Waals surface area contributed by atoms with Crippen molar-refractivity contribution in [1.82, 2.24) is 5.32 Å². The smallest absolute Gasteiger partial charge is 0.243 e. The van der Waals surface area contributed by atoms with Crippen LogP contribution in [-0.2, 0) is 15.0 Å². The number of carbonyl (C=O) groups excluding carboxylic acids is 2. The van der Waals surface area contributed by atoms with Gasteiger partial charge in [-0.05, 0) is 36.5 Å². The van der Waals surface area contributed by atoms with Gasteiger partial charge in [0.1, 0.15) is 13.2 Å². The second-order valence-corrected chi connectivity index (χ2v) is 7.93. The Bertz CT molecular complexity index is 875. The lowest BCUT2D eigenvalue weighted by atomic mass is 9.80. The fourth-order valence-corrected chi connectivity index (χ4v) is 3.17. The molecule has 154 valence electrons. The van der Waals surface area contributed by atoms with E-state index in [4.69, 9.17) is 9.47 Å². The third kappa shape index (κ3) is 5.73. The average molecular weight is 396 g/mol. The van der Waals surface area contributed by atoms with Gasteiger partial charge in [-0.15, -0.1) is 0 Å². The summed E-state index contributed by atoms with van der Waals surface area (Å²) >= 11 is 0. The number of amides is 2. The molecule has 29 heavy (non-hydrogen) atoms. The van der Waals surface area contributed by atoms with Crippen molar-refractivity contribution in [2.45, 2.75) is 39.0 Å². The molecule has 0 saturated carbocycles. The molecule has 0 unspecified atom stereocenters. The topological polar surface area (TPSA) is 76.7 Å². The van der Waals surface area contributed by atoms with Gasteiger partial charge in [-0.25, -0.2) is 0 Å². The number of rotatable bonds is 7. The summed E-state index contributed by atoms with van der Waals surface area (Å²) in [7, 11) is 0. The second-order valence-electron chi connectivity index (χ2n) is 7.93. The number of nitrogens with one attached hydrogen (secondary N) is 2. The van der Waals surface area contributed by atoms with Crippen LogP contribution in [0, 0.1) is 6.92 Å². The molecule has 0 bridgehead atoms. The Morgan fingerprint density at radius 2 is 1.66 bits per heavy atom. The van der Waals surface area contributed by atoms with Crippen LogP contribution < -0.4 is 20.1 Å². The van der Waals surface area contributed by atoms with Crippen LogP contribution in [0.2, 0.25) is 0 Å². The van der Waals surface area contributed by atoms with Crippen molar-refractivity contribution in [2.24, 2.45) is 0 Å². The maximum atomic E-state index is 12.2. The Balaban J connectivity index is 1.44. The van der Waals surface area contributed by atoms with Gasteiger partial charge in [0.2, 0.25) is 11.8 Å². The zero-order valence-corrected chi connectivity index (χ0v) is 17.2. The van der Waals surface area contributed by atoms with Crippen molar-refractivity contribution in [1.29, 1.82) is 0 Å². The molecule has 3 rings (SSSR count). The van der Waals surface area contributed by atoms with Crippen LogP contribution in [0.3, 0.4) is 0 Å². The van der Waals surface area contributed by atoms with Crippen LogP contribution in [0.25, 0.3) is 0 Å². The fraction of sp³-hybridized carbons (Fsp3) is 0.391. The minimum Gasteiger partial charge on any atom is -0.486 e. The molecule has 0 fully saturated rings. The molecule has 1 aliphatic rings. The number of ether oxygens (including phenoxy) is 2. The highest BCUT2D eigenvalue weighted by Gasteiger charge is 2.21. The molecule has 0 atom stereocenters. The van der Waals surface area contributed by atoms with E-state index in [1.54, 1.807) is 18.2 Å². The molecule has 0 aromatic heterocycles. The van der Waals surface area contributed by atoms with Gasteiger partial charge in [-0.3, -0.25) is 9.59 Å². The summed E-state index contributed by atoms with van der Waals surface area (Å²) < 4.78 is 11.0. The first-order valence-corrected chi connectivity index (χ1v) is 9.87. The predicted octanol–water partition coefficient (Wildman–Crippen LogP) is 3.58. The van der Waals surface area contributed by atoms with Gasteiger partial charge in [0.05, 0.1) is 6.54 Å². The summed E-state index contributed by atoms with van der Waals surface area (Å²) in [5.41, 5.74) is 2.91.